The second-order valence-electron chi connectivity index (χ2n) is 4.13. The second kappa shape index (κ2) is 7.71. The van der Waals surface area contributed by atoms with Gasteiger partial charge in [0.1, 0.15) is 13.2 Å². The molecule has 0 bridgehead atoms. The van der Waals surface area contributed by atoms with Crippen molar-refractivity contribution in [2.45, 2.75) is 18.9 Å². The van der Waals surface area contributed by atoms with E-state index in [4.69, 9.17) is 9.47 Å². The molecule has 2 amide bonds. The summed E-state index contributed by atoms with van der Waals surface area (Å²) < 4.78 is 9.69. The molecule has 6 nitrogen and oxygen atoms in total. The third kappa shape index (κ3) is 4.75. The molecular weight excluding hydrogens is 236 g/mol. The minimum Gasteiger partial charge on any atom is -0.445 e. The summed E-state index contributed by atoms with van der Waals surface area (Å²) in [5.41, 5.74) is 0. The number of carbonyl (C=O) groups excluding carboxylic acids is 2. The number of methoxy groups -OCH3 is 1. The molecule has 1 saturated heterocycles. The summed E-state index contributed by atoms with van der Waals surface area (Å²) >= 11 is 0. The van der Waals surface area contributed by atoms with E-state index in [-0.39, 0.29) is 31.3 Å². The van der Waals surface area contributed by atoms with Gasteiger partial charge in [-0.15, -0.1) is 0 Å². The number of likely N-dealkylation sites (tertiary alicyclic amines) is 1. The molecule has 0 aromatic carbocycles. The number of nitrogens with one attached hydrogen (secondary N) is 1. The molecule has 1 fully saturated rings. The van der Waals surface area contributed by atoms with Crippen LogP contribution in [0.25, 0.3) is 0 Å². The summed E-state index contributed by atoms with van der Waals surface area (Å²) in [5, 5.41) is 2.86. The Balaban J connectivity index is 2.25. The highest BCUT2D eigenvalue weighted by atomic mass is 16.6. The van der Waals surface area contributed by atoms with Crippen LogP contribution in [0.5, 0.6) is 0 Å². The van der Waals surface area contributed by atoms with Crippen molar-refractivity contribution < 1.29 is 19.1 Å². The van der Waals surface area contributed by atoms with E-state index < -0.39 is 0 Å². The Bertz CT molecular complexity index is 298. The van der Waals surface area contributed by atoms with Crippen molar-refractivity contribution in [2.24, 2.45) is 0 Å². The zero-order chi connectivity index (χ0) is 13.4. The normalized spacial score (nSPS) is 16.2. The van der Waals surface area contributed by atoms with Gasteiger partial charge in [-0.2, -0.15) is 0 Å². The highest BCUT2D eigenvalue weighted by Gasteiger charge is 2.24. The zero-order valence-electron chi connectivity index (χ0n) is 10.7. The maximum absolute atomic E-state index is 11.5. The van der Waals surface area contributed by atoms with Crippen molar-refractivity contribution >= 4 is 12.0 Å². The standard InChI is InChI=1S/C12H20N2O4/c1-3-8-18-12(16)14-6-4-10(5-7-14)13-11(15)9-17-2/h3,10H,1,4-9H2,2H3,(H,13,15). The van der Waals surface area contributed by atoms with Crippen LogP contribution in [0.3, 0.4) is 0 Å². The number of nitrogens with zero attached hydrogens (tertiary/aromatic N) is 1. The number of hydrogen-bond donors (Lipinski definition) is 1. The number of hydrogen-bond acceptors (Lipinski definition) is 4. The first-order valence-corrected chi connectivity index (χ1v) is 5.98. The number of ether oxygens (including phenoxy) is 2. The first-order chi connectivity index (χ1) is 8.67. The van der Waals surface area contributed by atoms with E-state index in [0.29, 0.717) is 13.1 Å². The lowest BCUT2D eigenvalue weighted by atomic mass is 10.1. The largest absolute Gasteiger partial charge is 0.445 e. The van der Waals surface area contributed by atoms with Crippen LogP contribution < -0.4 is 5.32 Å². The summed E-state index contributed by atoms with van der Waals surface area (Å²) in [6, 6.07) is 0.108. The lowest BCUT2D eigenvalue weighted by Crippen LogP contribution is -2.47. The molecule has 0 aliphatic carbocycles. The molecule has 1 aliphatic rings. The average molecular weight is 256 g/mol. The monoisotopic (exact) mass is 256 g/mol. The summed E-state index contributed by atoms with van der Waals surface area (Å²) in [5.74, 6) is -0.120. The van der Waals surface area contributed by atoms with Gasteiger partial charge in [0.25, 0.3) is 0 Å². The number of carbonyl (C=O) groups is 2. The average Bonchev–Trinajstić information content (AvgIpc) is 2.37. The zero-order valence-corrected chi connectivity index (χ0v) is 10.7. The van der Waals surface area contributed by atoms with Gasteiger partial charge < -0.3 is 19.7 Å². The summed E-state index contributed by atoms with van der Waals surface area (Å²) in [6.45, 7) is 4.96. The van der Waals surface area contributed by atoms with Gasteiger partial charge in [0, 0.05) is 26.2 Å². The molecule has 1 heterocycles. The number of piperidine rings is 1. The van der Waals surface area contributed by atoms with Crippen LogP contribution >= 0.6 is 0 Å². The minimum absolute atomic E-state index is 0.0710. The van der Waals surface area contributed by atoms with Gasteiger partial charge in [-0.05, 0) is 12.8 Å². The SMILES string of the molecule is C=CCOC(=O)N1CCC(NC(=O)COC)CC1. The van der Waals surface area contributed by atoms with Crippen LogP contribution in [0.1, 0.15) is 12.8 Å². The fourth-order valence-corrected chi connectivity index (χ4v) is 1.83. The molecule has 0 aromatic rings. The van der Waals surface area contributed by atoms with E-state index in [9.17, 15) is 9.59 Å². The molecule has 1 aliphatic heterocycles. The van der Waals surface area contributed by atoms with E-state index in [1.807, 2.05) is 0 Å². The van der Waals surface area contributed by atoms with Crippen molar-refractivity contribution in [3.05, 3.63) is 12.7 Å². The lowest BCUT2D eigenvalue weighted by Gasteiger charge is -2.31. The number of rotatable bonds is 5. The van der Waals surface area contributed by atoms with Crippen molar-refractivity contribution in [3.63, 3.8) is 0 Å². The van der Waals surface area contributed by atoms with Gasteiger partial charge >= 0.3 is 6.09 Å². The summed E-state index contributed by atoms with van der Waals surface area (Å²) in [6.07, 6.45) is 2.68. The third-order valence-electron chi connectivity index (χ3n) is 2.72. The van der Waals surface area contributed by atoms with E-state index in [2.05, 4.69) is 11.9 Å². The smallest absolute Gasteiger partial charge is 0.410 e. The van der Waals surface area contributed by atoms with Crippen molar-refractivity contribution in [3.8, 4) is 0 Å². The highest BCUT2D eigenvalue weighted by molar-refractivity contribution is 5.77. The Hall–Kier alpha value is -1.56. The fraction of sp³-hybridized carbons (Fsp3) is 0.667. The van der Waals surface area contributed by atoms with E-state index in [0.717, 1.165) is 12.8 Å². The van der Waals surface area contributed by atoms with Crippen molar-refractivity contribution in [1.29, 1.82) is 0 Å². The quantitative estimate of drug-likeness (QED) is 0.729. The molecule has 6 heteroatoms. The fourth-order valence-electron chi connectivity index (χ4n) is 1.83. The highest BCUT2D eigenvalue weighted by Crippen LogP contribution is 2.11. The van der Waals surface area contributed by atoms with E-state index >= 15 is 0 Å². The predicted molar refractivity (Wildman–Crippen MR) is 66.2 cm³/mol. The Morgan fingerprint density at radius 1 is 1.44 bits per heavy atom. The molecule has 0 spiro atoms. The van der Waals surface area contributed by atoms with Crippen LogP contribution in [-0.4, -0.2) is 56.4 Å². The first kappa shape index (κ1) is 14.5. The predicted octanol–water partition coefficient (Wildman–Crippen LogP) is 0.536. The third-order valence-corrected chi connectivity index (χ3v) is 2.72. The van der Waals surface area contributed by atoms with Gasteiger partial charge in [-0.3, -0.25) is 4.79 Å². The molecule has 0 saturated carbocycles. The van der Waals surface area contributed by atoms with Crippen LogP contribution in [-0.2, 0) is 14.3 Å². The maximum atomic E-state index is 11.5. The molecule has 1 N–H and O–H groups in total. The van der Waals surface area contributed by atoms with Gasteiger partial charge in [0.05, 0.1) is 0 Å². The maximum Gasteiger partial charge on any atom is 0.410 e. The molecule has 0 unspecified atom stereocenters. The minimum atomic E-state index is -0.323. The van der Waals surface area contributed by atoms with Crippen LogP contribution in [0.4, 0.5) is 4.79 Å². The molecule has 102 valence electrons. The Kier molecular flexibility index (Phi) is 6.21. The Labute approximate surface area is 107 Å². The second-order valence-corrected chi connectivity index (χ2v) is 4.13. The summed E-state index contributed by atoms with van der Waals surface area (Å²) in [7, 11) is 1.48. The molecule has 0 radical (unpaired) electrons. The van der Waals surface area contributed by atoms with Gasteiger partial charge in [0.15, 0.2) is 0 Å². The molecule has 0 atom stereocenters. The van der Waals surface area contributed by atoms with Gasteiger partial charge in [-0.1, -0.05) is 12.7 Å². The first-order valence-electron chi connectivity index (χ1n) is 5.98. The van der Waals surface area contributed by atoms with Crippen molar-refractivity contribution in [2.75, 3.05) is 33.4 Å². The van der Waals surface area contributed by atoms with Crippen LogP contribution in [0.2, 0.25) is 0 Å². The van der Waals surface area contributed by atoms with E-state index in [1.54, 1.807) is 4.90 Å². The molecular formula is C12H20N2O4. The van der Waals surface area contributed by atoms with Crippen LogP contribution in [0.15, 0.2) is 12.7 Å². The van der Waals surface area contributed by atoms with Crippen molar-refractivity contribution in [1.82, 2.24) is 10.2 Å². The molecule has 18 heavy (non-hydrogen) atoms. The summed E-state index contributed by atoms with van der Waals surface area (Å²) in [4.78, 5) is 24.5. The lowest BCUT2D eigenvalue weighted by molar-refractivity contribution is -0.125. The molecule has 0 aromatic heterocycles. The molecule has 1 rings (SSSR count). The Morgan fingerprint density at radius 2 is 2.11 bits per heavy atom. The van der Waals surface area contributed by atoms with Gasteiger partial charge in [-0.25, -0.2) is 4.79 Å². The van der Waals surface area contributed by atoms with Gasteiger partial charge in [0.2, 0.25) is 5.91 Å². The van der Waals surface area contributed by atoms with Crippen LogP contribution in [0, 0.1) is 0 Å². The Morgan fingerprint density at radius 3 is 2.67 bits per heavy atom. The number of amides is 2. The van der Waals surface area contributed by atoms with E-state index in [1.165, 1.54) is 13.2 Å². The topological polar surface area (TPSA) is 67.9 Å².